The van der Waals surface area contributed by atoms with E-state index in [0.717, 1.165) is 24.1 Å². The van der Waals surface area contributed by atoms with Crippen LogP contribution in [-0.4, -0.2) is 31.6 Å². The molecule has 0 aliphatic carbocycles. The van der Waals surface area contributed by atoms with Crippen molar-refractivity contribution in [2.75, 3.05) is 26.7 Å². The van der Waals surface area contributed by atoms with Crippen LogP contribution >= 0.6 is 15.9 Å². The summed E-state index contributed by atoms with van der Waals surface area (Å²) in [4.78, 5) is 2.22. The fourth-order valence-electron chi connectivity index (χ4n) is 1.59. The van der Waals surface area contributed by atoms with E-state index in [1.54, 1.807) is 6.07 Å². The zero-order valence-electron chi connectivity index (χ0n) is 10.6. The molecule has 1 atom stereocenters. The Morgan fingerprint density at radius 3 is 2.82 bits per heavy atom. The lowest BCUT2D eigenvalue weighted by molar-refractivity contribution is 0.341. The Kier molecular flexibility index (Phi) is 6.09. The first-order valence-electron chi connectivity index (χ1n) is 5.91. The van der Waals surface area contributed by atoms with Crippen LogP contribution in [0.4, 0.5) is 4.39 Å². The van der Waals surface area contributed by atoms with Gasteiger partial charge < -0.3 is 10.2 Å². The molecule has 0 saturated carbocycles. The molecule has 0 bridgehead atoms. The van der Waals surface area contributed by atoms with Gasteiger partial charge in [-0.1, -0.05) is 22.9 Å². The molecule has 0 spiro atoms. The first-order valence-corrected chi connectivity index (χ1v) is 6.70. The lowest BCUT2D eigenvalue weighted by atomic mass is 10.1. The first kappa shape index (κ1) is 14.6. The summed E-state index contributed by atoms with van der Waals surface area (Å²) in [6.07, 6.45) is 0. The lowest BCUT2D eigenvalue weighted by Gasteiger charge is -2.18. The molecule has 0 aromatic heterocycles. The highest BCUT2D eigenvalue weighted by Crippen LogP contribution is 2.21. The number of halogens is 2. The third-order valence-corrected chi connectivity index (χ3v) is 3.40. The summed E-state index contributed by atoms with van der Waals surface area (Å²) in [6, 6.07) is 5.07. The van der Waals surface area contributed by atoms with Gasteiger partial charge in [-0.25, -0.2) is 4.39 Å². The molecule has 1 aromatic carbocycles. The summed E-state index contributed by atoms with van der Waals surface area (Å²) in [6.45, 7) is 6.96. The standard InChI is InChI=1S/C13H20BrFN2/c1-4-17(3)8-7-16-10(2)12-9-11(14)5-6-13(12)15/h5-6,9-10,16H,4,7-8H2,1-3H3. The normalized spacial score (nSPS) is 13.1. The second-order valence-electron chi connectivity index (χ2n) is 4.24. The molecule has 96 valence electrons. The predicted molar refractivity (Wildman–Crippen MR) is 73.7 cm³/mol. The molecule has 0 radical (unpaired) electrons. The van der Waals surface area contributed by atoms with E-state index in [1.807, 2.05) is 13.0 Å². The van der Waals surface area contributed by atoms with Gasteiger partial charge in [0.2, 0.25) is 0 Å². The number of rotatable bonds is 6. The van der Waals surface area contributed by atoms with E-state index in [4.69, 9.17) is 0 Å². The summed E-state index contributed by atoms with van der Waals surface area (Å²) in [7, 11) is 2.08. The molecule has 0 heterocycles. The molecule has 0 aliphatic rings. The average Bonchev–Trinajstić information content (AvgIpc) is 2.31. The Labute approximate surface area is 111 Å². The number of benzene rings is 1. The van der Waals surface area contributed by atoms with Crippen molar-refractivity contribution in [1.29, 1.82) is 0 Å². The van der Waals surface area contributed by atoms with Gasteiger partial charge in [0.15, 0.2) is 0 Å². The Bertz CT molecular complexity index is 357. The summed E-state index contributed by atoms with van der Waals surface area (Å²) >= 11 is 3.36. The van der Waals surface area contributed by atoms with Crippen LogP contribution in [-0.2, 0) is 0 Å². The van der Waals surface area contributed by atoms with E-state index in [1.165, 1.54) is 6.07 Å². The Morgan fingerprint density at radius 1 is 1.47 bits per heavy atom. The predicted octanol–water partition coefficient (Wildman–Crippen LogP) is 3.19. The van der Waals surface area contributed by atoms with Gasteiger partial charge in [-0.05, 0) is 38.7 Å². The van der Waals surface area contributed by atoms with E-state index >= 15 is 0 Å². The van der Waals surface area contributed by atoms with Gasteiger partial charge in [-0.3, -0.25) is 0 Å². The molecule has 4 heteroatoms. The molecule has 1 aromatic rings. The van der Waals surface area contributed by atoms with Crippen LogP contribution in [0.5, 0.6) is 0 Å². The van der Waals surface area contributed by atoms with Crippen molar-refractivity contribution in [3.8, 4) is 0 Å². The zero-order valence-corrected chi connectivity index (χ0v) is 12.2. The maximum absolute atomic E-state index is 13.6. The summed E-state index contributed by atoms with van der Waals surface area (Å²) in [5.74, 6) is -0.156. The third kappa shape index (κ3) is 4.74. The van der Waals surface area contributed by atoms with Gasteiger partial charge in [-0.2, -0.15) is 0 Å². The van der Waals surface area contributed by atoms with E-state index < -0.39 is 0 Å². The molecule has 1 unspecified atom stereocenters. The van der Waals surface area contributed by atoms with Gasteiger partial charge in [0.25, 0.3) is 0 Å². The zero-order chi connectivity index (χ0) is 12.8. The number of nitrogens with zero attached hydrogens (tertiary/aromatic N) is 1. The minimum atomic E-state index is -0.156. The molecule has 0 saturated heterocycles. The maximum atomic E-state index is 13.6. The summed E-state index contributed by atoms with van der Waals surface area (Å²) < 4.78 is 14.5. The van der Waals surface area contributed by atoms with Gasteiger partial charge >= 0.3 is 0 Å². The molecule has 2 nitrogen and oxygen atoms in total. The highest BCUT2D eigenvalue weighted by Gasteiger charge is 2.10. The molecule has 0 aliphatic heterocycles. The molecule has 0 amide bonds. The van der Waals surface area contributed by atoms with Gasteiger partial charge in [0, 0.05) is 29.2 Å². The van der Waals surface area contributed by atoms with Gasteiger partial charge in [-0.15, -0.1) is 0 Å². The van der Waals surface area contributed by atoms with E-state index in [9.17, 15) is 4.39 Å². The third-order valence-electron chi connectivity index (χ3n) is 2.91. The fourth-order valence-corrected chi connectivity index (χ4v) is 1.97. The molecular formula is C13H20BrFN2. The van der Waals surface area contributed by atoms with Crippen LogP contribution < -0.4 is 5.32 Å². The van der Waals surface area contributed by atoms with Crippen LogP contribution in [0.15, 0.2) is 22.7 Å². The van der Waals surface area contributed by atoms with Crippen LogP contribution in [0.25, 0.3) is 0 Å². The van der Waals surface area contributed by atoms with Crippen molar-refractivity contribution in [3.05, 3.63) is 34.1 Å². The van der Waals surface area contributed by atoms with Crippen LogP contribution in [0.2, 0.25) is 0 Å². The largest absolute Gasteiger partial charge is 0.309 e. The molecule has 17 heavy (non-hydrogen) atoms. The molecule has 1 rings (SSSR count). The van der Waals surface area contributed by atoms with Crippen molar-refractivity contribution >= 4 is 15.9 Å². The Balaban J connectivity index is 2.52. The average molecular weight is 303 g/mol. The Hall–Kier alpha value is -0.450. The van der Waals surface area contributed by atoms with E-state index in [2.05, 4.69) is 40.1 Å². The SMILES string of the molecule is CCN(C)CCNC(C)c1cc(Br)ccc1F. The quantitative estimate of drug-likeness (QED) is 0.868. The maximum Gasteiger partial charge on any atom is 0.128 e. The van der Waals surface area contributed by atoms with Gasteiger partial charge in [0.1, 0.15) is 5.82 Å². The number of hydrogen-bond acceptors (Lipinski definition) is 2. The Morgan fingerprint density at radius 2 is 2.18 bits per heavy atom. The minimum absolute atomic E-state index is 0.0257. The monoisotopic (exact) mass is 302 g/mol. The van der Waals surface area contributed by atoms with Crippen LogP contribution in [0.3, 0.4) is 0 Å². The first-order chi connectivity index (χ1) is 8.04. The lowest BCUT2D eigenvalue weighted by Crippen LogP contribution is -2.30. The van der Waals surface area contributed by atoms with Crippen LogP contribution in [0, 0.1) is 5.82 Å². The molecular weight excluding hydrogens is 283 g/mol. The summed E-state index contributed by atoms with van der Waals surface area (Å²) in [5, 5.41) is 3.33. The van der Waals surface area contributed by atoms with Gasteiger partial charge in [0.05, 0.1) is 0 Å². The highest BCUT2D eigenvalue weighted by atomic mass is 79.9. The number of likely N-dealkylation sites (N-methyl/N-ethyl adjacent to an activating group) is 1. The molecule has 0 fully saturated rings. The van der Waals surface area contributed by atoms with Crippen LogP contribution in [0.1, 0.15) is 25.5 Å². The number of hydrogen-bond donors (Lipinski definition) is 1. The van der Waals surface area contributed by atoms with Crippen molar-refractivity contribution in [2.24, 2.45) is 0 Å². The second-order valence-corrected chi connectivity index (χ2v) is 5.15. The minimum Gasteiger partial charge on any atom is -0.309 e. The number of nitrogens with one attached hydrogen (secondary N) is 1. The smallest absolute Gasteiger partial charge is 0.128 e. The highest BCUT2D eigenvalue weighted by molar-refractivity contribution is 9.10. The fraction of sp³-hybridized carbons (Fsp3) is 0.538. The summed E-state index contributed by atoms with van der Waals surface area (Å²) in [5.41, 5.74) is 0.707. The topological polar surface area (TPSA) is 15.3 Å². The van der Waals surface area contributed by atoms with Crippen molar-refractivity contribution in [3.63, 3.8) is 0 Å². The van der Waals surface area contributed by atoms with Crippen molar-refractivity contribution in [2.45, 2.75) is 19.9 Å². The van der Waals surface area contributed by atoms with E-state index in [-0.39, 0.29) is 11.9 Å². The second kappa shape index (κ2) is 7.09. The van der Waals surface area contributed by atoms with Crippen molar-refractivity contribution in [1.82, 2.24) is 10.2 Å². The molecule has 1 N–H and O–H groups in total. The van der Waals surface area contributed by atoms with E-state index in [0.29, 0.717) is 5.56 Å². The van der Waals surface area contributed by atoms with Crippen molar-refractivity contribution < 1.29 is 4.39 Å².